The van der Waals surface area contributed by atoms with E-state index >= 15 is 0 Å². The number of carbonyl (C=O) groups excluding carboxylic acids is 1. The van der Waals surface area contributed by atoms with Crippen molar-refractivity contribution in [2.75, 3.05) is 50.9 Å². The lowest BCUT2D eigenvalue weighted by atomic mass is 10.2. The SMILES string of the molecule is NC(=O)COc1cccc(CN2CCCN(c3ccc4c(c3)OCCO4)CC2)c1. The Morgan fingerprint density at radius 1 is 1.00 bits per heavy atom. The highest BCUT2D eigenvalue weighted by Crippen LogP contribution is 2.34. The van der Waals surface area contributed by atoms with Crippen LogP contribution in [0.3, 0.4) is 0 Å². The van der Waals surface area contributed by atoms with Crippen LogP contribution in [0.5, 0.6) is 17.2 Å². The highest BCUT2D eigenvalue weighted by Gasteiger charge is 2.18. The van der Waals surface area contributed by atoms with Crippen molar-refractivity contribution in [1.29, 1.82) is 0 Å². The summed E-state index contributed by atoms with van der Waals surface area (Å²) in [6, 6.07) is 14.1. The van der Waals surface area contributed by atoms with Crippen LogP contribution in [0.1, 0.15) is 12.0 Å². The summed E-state index contributed by atoms with van der Waals surface area (Å²) in [6.07, 6.45) is 1.09. The molecule has 0 spiro atoms. The monoisotopic (exact) mass is 397 g/mol. The van der Waals surface area contributed by atoms with Crippen molar-refractivity contribution in [2.45, 2.75) is 13.0 Å². The lowest BCUT2D eigenvalue weighted by Gasteiger charge is -2.26. The van der Waals surface area contributed by atoms with E-state index in [0.29, 0.717) is 19.0 Å². The van der Waals surface area contributed by atoms with Crippen molar-refractivity contribution in [3.8, 4) is 17.2 Å². The third-order valence-corrected chi connectivity index (χ3v) is 5.17. The van der Waals surface area contributed by atoms with E-state index in [1.807, 2.05) is 24.3 Å². The van der Waals surface area contributed by atoms with E-state index in [1.165, 1.54) is 11.3 Å². The Hall–Kier alpha value is -2.93. The fraction of sp³-hybridized carbons (Fsp3) is 0.409. The molecule has 0 bridgehead atoms. The smallest absolute Gasteiger partial charge is 0.255 e. The van der Waals surface area contributed by atoms with Gasteiger partial charge < -0.3 is 24.8 Å². The molecule has 2 aromatic rings. The van der Waals surface area contributed by atoms with Gasteiger partial charge in [0.25, 0.3) is 5.91 Å². The largest absolute Gasteiger partial charge is 0.486 e. The van der Waals surface area contributed by atoms with Crippen molar-refractivity contribution in [3.63, 3.8) is 0 Å². The van der Waals surface area contributed by atoms with Crippen LogP contribution in [0, 0.1) is 0 Å². The number of nitrogens with two attached hydrogens (primary N) is 1. The van der Waals surface area contributed by atoms with Crippen LogP contribution < -0.4 is 24.8 Å². The summed E-state index contributed by atoms with van der Waals surface area (Å²) in [5.74, 6) is 1.87. The summed E-state index contributed by atoms with van der Waals surface area (Å²) in [6.45, 7) is 5.94. The molecule has 2 aromatic carbocycles. The zero-order valence-electron chi connectivity index (χ0n) is 16.5. The average Bonchev–Trinajstić information content (AvgIpc) is 2.98. The van der Waals surface area contributed by atoms with Crippen LogP contribution in [0.25, 0.3) is 0 Å². The Kier molecular flexibility index (Phi) is 6.05. The number of rotatable bonds is 6. The van der Waals surface area contributed by atoms with Gasteiger partial charge in [-0.3, -0.25) is 9.69 Å². The lowest BCUT2D eigenvalue weighted by molar-refractivity contribution is -0.119. The van der Waals surface area contributed by atoms with Gasteiger partial charge in [-0.1, -0.05) is 12.1 Å². The molecule has 0 atom stereocenters. The van der Waals surface area contributed by atoms with Gasteiger partial charge in [-0.2, -0.15) is 0 Å². The standard InChI is InChI=1S/C22H27N3O4/c23-22(26)16-29-19-4-1-3-17(13-19)15-24-7-2-8-25(10-9-24)18-5-6-20-21(14-18)28-12-11-27-20/h1,3-6,13-14H,2,7-12,15-16H2,(H2,23,26). The van der Waals surface area contributed by atoms with Gasteiger partial charge in [0.05, 0.1) is 0 Å². The highest BCUT2D eigenvalue weighted by atomic mass is 16.6. The number of nitrogens with zero attached hydrogens (tertiary/aromatic N) is 2. The maximum atomic E-state index is 10.9. The van der Waals surface area contributed by atoms with E-state index in [0.717, 1.165) is 50.6 Å². The van der Waals surface area contributed by atoms with E-state index in [-0.39, 0.29) is 6.61 Å². The molecular weight excluding hydrogens is 370 g/mol. The lowest BCUT2D eigenvalue weighted by Crippen LogP contribution is -2.30. The molecule has 2 heterocycles. The summed E-state index contributed by atoms with van der Waals surface area (Å²) in [4.78, 5) is 15.8. The molecule has 29 heavy (non-hydrogen) atoms. The van der Waals surface area contributed by atoms with Crippen molar-refractivity contribution >= 4 is 11.6 Å². The summed E-state index contributed by atoms with van der Waals surface area (Å²) >= 11 is 0. The van der Waals surface area contributed by atoms with Crippen molar-refractivity contribution in [2.24, 2.45) is 5.73 Å². The van der Waals surface area contributed by atoms with Crippen molar-refractivity contribution in [3.05, 3.63) is 48.0 Å². The van der Waals surface area contributed by atoms with Crippen LogP contribution in [-0.4, -0.2) is 56.8 Å². The topological polar surface area (TPSA) is 77.3 Å². The summed E-state index contributed by atoms with van der Waals surface area (Å²) in [7, 11) is 0. The van der Waals surface area contributed by atoms with E-state index in [2.05, 4.69) is 28.0 Å². The summed E-state index contributed by atoms with van der Waals surface area (Å²) in [5.41, 5.74) is 7.50. The number of primary amides is 1. The van der Waals surface area contributed by atoms with Gasteiger partial charge in [0.1, 0.15) is 19.0 Å². The Morgan fingerprint density at radius 3 is 2.72 bits per heavy atom. The van der Waals surface area contributed by atoms with E-state index < -0.39 is 5.91 Å². The van der Waals surface area contributed by atoms with E-state index in [4.69, 9.17) is 19.9 Å². The molecule has 2 aliphatic heterocycles. The molecule has 7 nitrogen and oxygen atoms in total. The van der Waals surface area contributed by atoms with Crippen molar-refractivity contribution < 1.29 is 19.0 Å². The number of fused-ring (bicyclic) bond motifs is 1. The van der Waals surface area contributed by atoms with Crippen LogP contribution in [0.4, 0.5) is 5.69 Å². The van der Waals surface area contributed by atoms with E-state index in [9.17, 15) is 4.79 Å². The first-order valence-electron chi connectivity index (χ1n) is 10.0. The molecule has 1 amide bonds. The van der Waals surface area contributed by atoms with Gasteiger partial charge in [0, 0.05) is 44.5 Å². The number of carbonyl (C=O) groups is 1. The second kappa shape index (κ2) is 9.05. The molecular formula is C22H27N3O4. The molecule has 0 radical (unpaired) electrons. The van der Waals surface area contributed by atoms with Crippen LogP contribution in [0.15, 0.2) is 42.5 Å². The van der Waals surface area contributed by atoms with Crippen LogP contribution >= 0.6 is 0 Å². The van der Waals surface area contributed by atoms with Crippen LogP contribution in [0.2, 0.25) is 0 Å². The summed E-state index contributed by atoms with van der Waals surface area (Å²) in [5, 5.41) is 0. The third kappa shape index (κ3) is 5.12. The molecule has 1 saturated heterocycles. The third-order valence-electron chi connectivity index (χ3n) is 5.17. The normalized spacial score (nSPS) is 16.9. The molecule has 2 aliphatic rings. The predicted octanol–water partition coefficient (Wildman–Crippen LogP) is 2.03. The molecule has 0 aromatic heterocycles. The first-order chi connectivity index (χ1) is 14.2. The Bertz CT molecular complexity index is 858. The van der Waals surface area contributed by atoms with E-state index in [1.54, 1.807) is 0 Å². The maximum absolute atomic E-state index is 10.9. The maximum Gasteiger partial charge on any atom is 0.255 e. The highest BCUT2D eigenvalue weighted by molar-refractivity contribution is 5.75. The molecule has 154 valence electrons. The number of hydrogen-bond donors (Lipinski definition) is 1. The predicted molar refractivity (Wildman–Crippen MR) is 111 cm³/mol. The Balaban J connectivity index is 1.36. The average molecular weight is 397 g/mol. The van der Waals surface area contributed by atoms with Gasteiger partial charge in [-0.05, 0) is 36.2 Å². The molecule has 0 unspecified atom stereocenters. The minimum atomic E-state index is -0.470. The molecule has 2 N–H and O–H groups in total. The van der Waals surface area contributed by atoms with Gasteiger partial charge in [0.2, 0.25) is 0 Å². The molecule has 0 saturated carbocycles. The molecule has 0 aliphatic carbocycles. The number of anilines is 1. The van der Waals surface area contributed by atoms with Gasteiger partial charge in [-0.25, -0.2) is 0 Å². The molecule has 4 rings (SSSR count). The fourth-order valence-electron chi connectivity index (χ4n) is 3.76. The van der Waals surface area contributed by atoms with Gasteiger partial charge >= 0.3 is 0 Å². The number of amides is 1. The Morgan fingerprint density at radius 2 is 1.86 bits per heavy atom. The summed E-state index contributed by atoms with van der Waals surface area (Å²) < 4.78 is 16.8. The quantitative estimate of drug-likeness (QED) is 0.804. The molecule has 1 fully saturated rings. The first-order valence-corrected chi connectivity index (χ1v) is 10.0. The fourth-order valence-corrected chi connectivity index (χ4v) is 3.76. The van der Waals surface area contributed by atoms with Gasteiger partial charge in [-0.15, -0.1) is 0 Å². The van der Waals surface area contributed by atoms with Crippen LogP contribution in [-0.2, 0) is 11.3 Å². The second-order valence-corrected chi connectivity index (χ2v) is 7.35. The molecule has 7 heteroatoms. The van der Waals surface area contributed by atoms with Crippen molar-refractivity contribution in [1.82, 2.24) is 4.90 Å². The number of ether oxygens (including phenoxy) is 3. The first kappa shape index (κ1) is 19.4. The zero-order chi connectivity index (χ0) is 20.1. The second-order valence-electron chi connectivity index (χ2n) is 7.35. The zero-order valence-corrected chi connectivity index (χ0v) is 16.5. The number of benzene rings is 2. The van der Waals surface area contributed by atoms with Gasteiger partial charge in [0.15, 0.2) is 18.1 Å². The minimum absolute atomic E-state index is 0.0995. The number of hydrogen-bond acceptors (Lipinski definition) is 6. The minimum Gasteiger partial charge on any atom is -0.486 e. The Labute approximate surface area is 170 Å².